The number of ether oxygens (including phenoxy) is 1. The van der Waals surface area contributed by atoms with Crippen molar-refractivity contribution in [2.45, 2.75) is 33.0 Å². The summed E-state index contributed by atoms with van der Waals surface area (Å²) in [7, 11) is 1.73. The van der Waals surface area contributed by atoms with Crippen molar-refractivity contribution >= 4 is 28.1 Å². The summed E-state index contributed by atoms with van der Waals surface area (Å²) < 4.78 is 5.77. The molecule has 0 spiro atoms. The van der Waals surface area contributed by atoms with Crippen LogP contribution in [0.15, 0.2) is 23.7 Å². The van der Waals surface area contributed by atoms with Gasteiger partial charge in [0.25, 0.3) is 5.91 Å². The highest BCUT2D eigenvalue weighted by Crippen LogP contribution is 2.23. The summed E-state index contributed by atoms with van der Waals surface area (Å²) in [6.45, 7) is 7.66. The first-order chi connectivity index (χ1) is 11.4. The first-order valence-corrected chi connectivity index (χ1v) is 8.88. The zero-order valence-corrected chi connectivity index (χ0v) is 15.2. The van der Waals surface area contributed by atoms with E-state index in [1.807, 2.05) is 24.4 Å². The Labute approximate surface area is 146 Å². The quantitative estimate of drug-likeness (QED) is 0.855. The van der Waals surface area contributed by atoms with Crippen molar-refractivity contribution in [3.63, 3.8) is 0 Å². The van der Waals surface area contributed by atoms with E-state index in [1.54, 1.807) is 18.1 Å². The van der Waals surface area contributed by atoms with E-state index in [-0.39, 0.29) is 18.1 Å². The third-order valence-electron chi connectivity index (χ3n) is 3.95. The first kappa shape index (κ1) is 16.9. The summed E-state index contributed by atoms with van der Waals surface area (Å²) in [5, 5.41) is 2.61. The highest BCUT2D eigenvalue weighted by Gasteiger charge is 2.24. The van der Waals surface area contributed by atoms with Crippen molar-refractivity contribution in [1.29, 1.82) is 0 Å². The fourth-order valence-electron chi connectivity index (χ4n) is 2.88. The molecular weight excluding hydrogens is 324 g/mol. The van der Waals surface area contributed by atoms with Crippen LogP contribution in [0.1, 0.15) is 30.0 Å². The fraction of sp³-hybridized carbons (Fsp3) is 0.471. The summed E-state index contributed by atoms with van der Waals surface area (Å²) in [5.41, 5.74) is 2.33. The Hall–Kier alpha value is -1.99. The molecule has 0 N–H and O–H groups in total. The normalized spacial score (nSPS) is 20.9. The lowest BCUT2D eigenvalue weighted by molar-refractivity contribution is -0.00522. The van der Waals surface area contributed by atoms with Crippen LogP contribution in [0, 0.1) is 6.92 Å². The predicted molar refractivity (Wildman–Crippen MR) is 96.0 cm³/mol. The predicted octanol–water partition coefficient (Wildman–Crippen LogP) is 2.74. The number of pyridine rings is 1. The molecule has 7 heteroatoms. The maximum absolute atomic E-state index is 12.7. The van der Waals surface area contributed by atoms with Crippen LogP contribution in [0.3, 0.4) is 0 Å². The number of carbonyl (C=O) groups excluding carboxylic acids is 1. The summed E-state index contributed by atoms with van der Waals surface area (Å²) in [5.74, 6) is -0.152. The van der Waals surface area contributed by atoms with Crippen molar-refractivity contribution in [1.82, 2.24) is 9.97 Å². The first-order valence-electron chi connectivity index (χ1n) is 8.00. The molecule has 1 aliphatic heterocycles. The molecule has 0 saturated carbocycles. The van der Waals surface area contributed by atoms with Crippen molar-refractivity contribution < 1.29 is 9.53 Å². The number of anilines is 2. The Balaban J connectivity index is 1.81. The maximum Gasteiger partial charge on any atom is 0.278 e. The van der Waals surface area contributed by atoms with Crippen LogP contribution >= 0.6 is 11.3 Å². The molecule has 2 unspecified atom stereocenters. The Morgan fingerprint density at radius 2 is 2.08 bits per heavy atom. The highest BCUT2D eigenvalue weighted by atomic mass is 32.1. The van der Waals surface area contributed by atoms with Crippen LogP contribution in [0.2, 0.25) is 0 Å². The third-order valence-corrected chi connectivity index (χ3v) is 4.98. The number of rotatable bonds is 3. The van der Waals surface area contributed by atoms with Gasteiger partial charge in [-0.05, 0) is 32.9 Å². The molecule has 0 bridgehead atoms. The van der Waals surface area contributed by atoms with Crippen LogP contribution < -0.4 is 9.80 Å². The van der Waals surface area contributed by atoms with E-state index >= 15 is 0 Å². The monoisotopic (exact) mass is 346 g/mol. The summed E-state index contributed by atoms with van der Waals surface area (Å²) in [6, 6.07) is 3.79. The summed E-state index contributed by atoms with van der Waals surface area (Å²) in [6.07, 6.45) is 2.03. The smallest absolute Gasteiger partial charge is 0.278 e. The number of thiazole rings is 1. The molecule has 0 aliphatic carbocycles. The van der Waals surface area contributed by atoms with Crippen LogP contribution in [-0.4, -0.2) is 48.2 Å². The molecule has 2 atom stereocenters. The molecular formula is C17H22N4O2S. The number of hydrogen-bond donors (Lipinski definition) is 0. The summed E-state index contributed by atoms with van der Waals surface area (Å²) in [4.78, 5) is 25.1. The Bertz CT molecular complexity index is 723. The van der Waals surface area contributed by atoms with Gasteiger partial charge in [0.05, 0.1) is 17.9 Å². The second kappa shape index (κ2) is 6.86. The molecule has 0 aromatic carbocycles. The van der Waals surface area contributed by atoms with E-state index in [0.717, 1.165) is 24.5 Å². The molecule has 2 aromatic heterocycles. The minimum atomic E-state index is -0.152. The average molecular weight is 346 g/mol. The van der Waals surface area contributed by atoms with Gasteiger partial charge >= 0.3 is 0 Å². The van der Waals surface area contributed by atoms with Crippen LogP contribution in [0.25, 0.3) is 0 Å². The molecule has 1 aliphatic rings. The molecule has 1 amide bonds. The lowest BCUT2D eigenvalue weighted by Crippen LogP contribution is -2.45. The second-order valence-corrected chi connectivity index (χ2v) is 7.03. The molecule has 2 aromatic rings. The zero-order valence-electron chi connectivity index (χ0n) is 14.4. The average Bonchev–Trinajstić information content (AvgIpc) is 2.99. The van der Waals surface area contributed by atoms with Gasteiger partial charge in [0.2, 0.25) is 0 Å². The highest BCUT2D eigenvalue weighted by molar-refractivity contribution is 7.14. The van der Waals surface area contributed by atoms with Gasteiger partial charge in [-0.1, -0.05) is 0 Å². The fourth-order valence-corrected chi connectivity index (χ4v) is 3.64. The van der Waals surface area contributed by atoms with Crippen molar-refractivity contribution in [2.75, 3.05) is 29.9 Å². The molecule has 0 radical (unpaired) electrons. The Morgan fingerprint density at radius 1 is 1.38 bits per heavy atom. The molecule has 6 nitrogen and oxygen atoms in total. The number of carbonyl (C=O) groups is 1. The largest absolute Gasteiger partial charge is 0.372 e. The van der Waals surface area contributed by atoms with Crippen LogP contribution in [-0.2, 0) is 4.74 Å². The van der Waals surface area contributed by atoms with E-state index in [0.29, 0.717) is 10.8 Å². The Kier molecular flexibility index (Phi) is 4.82. The number of nitrogens with zero attached hydrogens (tertiary/aromatic N) is 4. The number of hydrogen-bond acceptors (Lipinski definition) is 6. The number of morpholine rings is 1. The topological polar surface area (TPSA) is 58.6 Å². The third kappa shape index (κ3) is 3.57. The minimum Gasteiger partial charge on any atom is -0.372 e. The SMILES string of the molecule is Cc1csc(N(C)C(=O)c2cc(N3CC(C)OC(C)C3)ccn2)n1. The number of amides is 1. The molecule has 128 valence electrons. The van der Waals surface area contributed by atoms with Gasteiger partial charge in [0, 0.05) is 37.4 Å². The Morgan fingerprint density at radius 3 is 2.71 bits per heavy atom. The number of aryl methyl sites for hydroxylation is 1. The standard InChI is InChI=1S/C17H22N4O2S/c1-11-10-24-17(19-11)20(4)16(22)15-7-14(5-6-18-15)21-8-12(2)23-13(3)9-21/h5-7,10,12-13H,8-9H2,1-4H3. The van der Waals surface area contributed by atoms with Gasteiger partial charge in [-0.3, -0.25) is 14.7 Å². The molecule has 3 rings (SSSR count). The molecule has 3 heterocycles. The maximum atomic E-state index is 12.7. The van der Waals surface area contributed by atoms with E-state index in [1.165, 1.54) is 11.3 Å². The molecule has 1 fully saturated rings. The number of aromatic nitrogens is 2. The van der Waals surface area contributed by atoms with Crippen LogP contribution in [0.4, 0.5) is 10.8 Å². The van der Waals surface area contributed by atoms with Crippen molar-refractivity contribution in [3.8, 4) is 0 Å². The van der Waals surface area contributed by atoms with Gasteiger partial charge in [0.15, 0.2) is 5.13 Å². The van der Waals surface area contributed by atoms with E-state index < -0.39 is 0 Å². The molecule has 1 saturated heterocycles. The summed E-state index contributed by atoms with van der Waals surface area (Å²) >= 11 is 1.45. The van der Waals surface area contributed by atoms with Gasteiger partial charge in [-0.2, -0.15) is 0 Å². The zero-order chi connectivity index (χ0) is 17.3. The van der Waals surface area contributed by atoms with Gasteiger partial charge in [-0.15, -0.1) is 11.3 Å². The van der Waals surface area contributed by atoms with E-state index in [2.05, 4.69) is 28.7 Å². The van der Waals surface area contributed by atoms with Crippen LogP contribution in [0.5, 0.6) is 0 Å². The van der Waals surface area contributed by atoms with Gasteiger partial charge in [-0.25, -0.2) is 4.98 Å². The molecule has 24 heavy (non-hydrogen) atoms. The van der Waals surface area contributed by atoms with Gasteiger partial charge in [0.1, 0.15) is 5.69 Å². The lowest BCUT2D eigenvalue weighted by Gasteiger charge is -2.36. The van der Waals surface area contributed by atoms with Crippen molar-refractivity contribution in [2.24, 2.45) is 0 Å². The van der Waals surface area contributed by atoms with Crippen molar-refractivity contribution in [3.05, 3.63) is 35.1 Å². The lowest BCUT2D eigenvalue weighted by atomic mass is 10.2. The van der Waals surface area contributed by atoms with E-state index in [9.17, 15) is 4.79 Å². The second-order valence-electron chi connectivity index (χ2n) is 6.20. The van der Waals surface area contributed by atoms with E-state index in [4.69, 9.17) is 4.74 Å². The van der Waals surface area contributed by atoms with Gasteiger partial charge < -0.3 is 9.64 Å². The minimum absolute atomic E-state index is 0.152.